The Balaban J connectivity index is 1.88. The van der Waals surface area contributed by atoms with E-state index in [2.05, 4.69) is 4.72 Å². The summed E-state index contributed by atoms with van der Waals surface area (Å²) in [5.41, 5.74) is 0. The van der Waals surface area contributed by atoms with E-state index in [-0.39, 0.29) is 22.4 Å². The third-order valence-corrected chi connectivity index (χ3v) is 5.49. The molecule has 1 heterocycles. The lowest BCUT2D eigenvalue weighted by atomic mass is 9.92. The van der Waals surface area contributed by atoms with Crippen LogP contribution in [-0.2, 0) is 14.8 Å². The number of aliphatic hydroxyl groups excluding tert-OH is 1. The summed E-state index contributed by atoms with van der Waals surface area (Å²) in [5, 5.41) is 9.82. The molecule has 0 radical (unpaired) electrons. The Kier molecular flexibility index (Phi) is 6.17. The molecule has 5 nitrogen and oxygen atoms in total. The van der Waals surface area contributed by atoms with Crippen LogP contribution in [0, 0.1) is 11.7 Å². The molecule has 1 atom stereocenters. The largest absolute Gasteiger partial charge is 0.393 e. The van der Waals surface area contributed by atoms with Gasteiger partial charge in [0.25, 0.3) is 0 Å². The third-order valence-electron chi connectivity index (χ3n) is 3.74. The maximum atomic E-state index is 13.1. The molecule has 0 aliphatic carbocycles. The molecule has 1 saturated heterocycles. The molecule has 0 aromatic heterocycles. The number of halogens is 2. The number of hydrogen-bond donors (Lipinski definition) is 2. The zero-order valence-corrected chi connectivity index (χ0v) is 13.5. The molecule has 0 bridgehead atoms. The number of sulfonamides is 1. The topological polar surface area (TPSA) is 75.6 Å². The van der Waals surface area contributed by atoms with Crippen molar-refractivity contribution in [1.29, 1.82) is 0 Å². The van der Waals surface area contributed by atoms with Crippen LogP contribution in [0.2, 0.25) is 5.02 Å². The smallest absolute Gasteiger partial charge is 0.240 e. The molecular weight excluding hydrogens is 333 g/mol. The summed E-state index contributed by atoms with van der Waals surface area (Å²) in [6.45, 7) is 1.36. The van der Waals surface area contributed by atoms with E-state index in [9.17, 15) is 17.9 Å². The molecule has 1 aliphatic heterocycles. The Labute approximate surface area is 134 Å². The van der Waals surface area contributed by atoms with Crippen molar-refractivity contribution in [3.63, 3.8) is 0 Å². The molecule has 1 fully saturated rings. The van der Waals surface area contributed by atoms with Crippen molar-refractivity contribution in [2.75, 3.05) is 19.8 Å². The molecule has 1 aromatic rings. The summed E-state index contributed by atoms with van der Waals surface area (Å²) >= 11 is 5.59. The second kappa shape index (κ2) is 7.70. The number of benzene rings is 1. The molecule has 2 rings (SSSR count). The van der Waals surface area contributed by atoms with Gasteiger partial charge in [0.15, 0.2) is 0 Å². The Morgan fingerprint density at radius 3 is 2.73 bits per heavy atom. The zero-order valence-electron chi connectivity index (χ0n) is 12.0. The van der Waals surface area contributed by atoms with Crippen LogP contribution in [0.25, 0.3) is 0 Å². The van der Waals surface area contributed by atoms with E-state index in [1.807, 2.05) is 0 Å². The van der Waals surface area contributed by atoms with Gasteiger partial charge in [-0.3, -0.25) is 0 Å². The summed E-state index contributed by atoms with van der Waals surface area (Å²) in [7, 11) is -3.76. The Morgan fingerprint density at radius 2 is 2.09 bits per heavy atom. The van der Waals surface area contributed by atoms with Gasteiger partial charge in [-0.05, 0) is 43.4 Å². The summed E-state index contributed by atoms with van der Waals surface area (Å²) < 4.78 is 44.8. The molecule has 1 aromatic carbocycles. The van der Waals surface area contributed by atoms with Crippen LogP contribution in [0.15, 0.2) is 23.1 Å². The predicted octanol–water partition coefficient (Wildman–Crippen LogP) is 1.93. The highest BCUT2D eigenvalue weighted by atomic mass is 35.5. The monoisotopic (exact) mass is 351 g/mol. The minimum absolute atomic E-state index is 0.0977. The molecule has 124 valence electrons. The van der Waals surface area contributed by atoms with Gasteiger partial charge in [-0.15, -0.1) is 0 Å². The van der Waals surface area contributed by atoms with Crippen LogP contribution < -0.4 is 4.72 Å². The van der Waals surface area contributed by atoms with Crippen molar-refractivity contribution in [2.24, 2.45) is 5.92 Å². The minimum Gasteiger partial charge on any atom is -0.393 e. The second-order valence-corrected chi connectivity index (χ2v) is 7.45. The van der Waals surface area contributed by atoms with Gasteiger partial charge in [-0.25, -0.2) is 17.5 Å². The van der Waals surface area contributed by atoms with E-state index in [1.165, 1.54) is 0 Å². The maximum Gasteiger partial charge on any atom is 0.240 e. The average molecular weight is 352 g/mol. The van der Waals surface area contributed by atoms with Crippen LogP contribution in [-0.4, -0.2) is 39.4 Å². The normalized spacial score (nSPS) is 18.3. The first-order chi connectivity index (χ1) is 10.4. The molecule has 1 aliphatic rings. The van der Waals surface area contributed by atoms with Gasteiger partial charge >= 0.3 is 0 Å². The number of rotatable bonds is 6. The van der Waals surface area contributed by atoms with Crippen LogP contribution in [0.5, 0.6) is 0 Å². The standard InChI is InChI=1S/C14H19ClFNO4S/c15-12-9-11(1-2-13(12)16)22(19,20)17-6-3-14(18)10-4-7-21-8-5-10/h1-2,9-10,14,17-18H,3-8H2/t14-/m1/s1. The number of ether oxygens (including phenoxy) is 1. The highest BCUT2D eigenvalue weighted by molar-refractivity contribution is 7.89. The minimum atomic E-state index is -3.76. The fraction of sp³-hybridized carbons (Fsp3) is 0.571. The van der Waals surface area contributed by atoms with Gasteiger partial charge in [0, 0.05) is 19.8 Å². The molecule has 0 unspecified atom stereocenters. The average Bonchev–Trinajstić information content (AvgIpc) is 2.50. The third kappa shape index (κ3) is 4.63. The van der Waals surface area contributed by atoms with E-state index in [0.717, 1.165) is 31.0 Å². The zero-order chi connectivity index (χ0) is 16.2. The van der Waals surface area contributed by atoms with Crippen LogP contribution in [0.4, 0.5) is 4.39 Å². The summed E-state index contributed by atoms with van der Waals surface area (Å²) in [6.07, 6.45) is 1.31. The fourth-order valence-corrected chi connectivity index (χ4v) is 3.72. The lowest BCUT2D eigenvalue weighted by molar-refractivity contribution is 0.00567. The first-order valence-electron chi connectivity index (χ1n) is 7.10. The highest BCUT2D eigenvalue weighted by Gasteiger charge is 2.23. The molecular formula is C14H19ClFNO4S. The van der Waals surface area contributed by atoms with E-state index >= 15 is 0 Å². The molecule has 0 spiro atoms. The SMILES string of the molecule is O=S(=O)(NCC[C@@H](O)C1CCOCC1)c1ccc(F)c(Cl)c1. The van der Waals surface area contributed by atoms with Crippen molar-refractivity contribution in [1.82, 2.24) is 4.72 Å². The van der Waals surface area contributed by atoms with E-state index in [4.69, 9.17) is 16.3 Å². The van der Waals surface area contributed by atoms with Crippen LogP contribution in [0.1, 0.15) is 19.3 Å². The first kappa shape index (κ1) is 17.6. The molecule has 2 N–H and O–H groups in total. The van der Waals surface area contributed by atoms with Gasteiger partial charge in [0.05, 0.1) is 16.0 Å². The maximum absolute atomic E-state index is 13.1. The highest BCUT2D eigenvalue weighted by Crippen LogP contribution is 2.21. The summed E-state index contributed by atoms with van der Waals surface area (Å²) in [6, 6.07) is 3.22. The Bertz CT molecular complexity index is 605. The predicted molar refractivity (Wildman–Crippen MR) is 80.8 cm³/mol. The van der Waals surface area contributed by atoms with Gasteiger partial charge < -0.3 is 9.84 Å². The van der Waals surface area contributed by atoms with Gasteiger partial charge in [0.1, 0.15) is 5.82 Å². The van der Waals surface area contributed by atoms with Gasteiger partial charge in [0.2, 0.25) is 10.0 Å². The van der Waals surface area contributed by atoms with Crippen LogP contribution >= 0.6 is 11.6 Å². The lowest BCUT2D eigenvalue weighted by Crippen LogP contribution is -2.32. The molecule has 0 amide bonds. The first-order valence-corrected chi connectivity index (χ1v) is 8.97. The molecule has 0 saturated carbocycles. The van der Waals surface area contributed by atoms with Crippen molar-refractivity contribution < 1.29 is 22.7 Å². The fourth-order valence-electron chi connectivity index (χ4n) is 2.40. The Morgan fingerprint density at radius 1 is 1.41 bits per heavy atom. The Hall–Kier alpha value is -0.730. The molecule has 8 heteroatoms. The number of nitrogens with one attached hydrogen (secondary N) is 1. The molecule has 22 heavy (non-hydrogen) atoms. The van der Waals surface area contributed by atoms with Crippen LogP contribution in [0.3, 0.4) is 0 Å². The van der Waals surface area contributed by atoms with E-state index in [0.29, 0.717) is 19.6 Å². The van der Waals surface area contributed by atoms with E-state index in [1.54, 1.807) is 0 Å². The van der Waals surface area contributed by atoms with Crippen molar-refractivity contribution in [3.05, 3.63) is 29.0 Å². The summed E-state index contributed by atoms with van der Waals surface area (Å²) in [4.78, 5) is -0.0977. The number of aliphatic hydroxyl groups is 1. The van der Waals surface area contributed by atoms with Crippen molar-refractivity contribution in [2.45, 2.75) is 30.3 Å². The second-order valence-electron chi connectivity index (χ2n) is 5.28. The van der Waals surface area contributed by atoms with Crippen molar-refractivity contribution >= 4 is 21.6 Å². The lowest BCUT2D eigenvalue weighted by Gasteiger charge is -2.26. The summed E-state index contributed by atoms with van der Waals surface area (Å²) in [5.74, 6) is -0.533. The number of hydrogen-bond acceptors (Lipinski definition) is 4. The van der Waals surface area contributed by atoms with Gasteiger partial charge in [-0.1, -0.05) is 11.6 Å². The van der Waals surface area contributed by atoms with Gasteiger partial charge in [-0.2, -0.15) is 0 Å². The van der Waals surface area contributed by atoms with E-state index < -0.39 is 21.9 Å². The quantitative estimate of drug-likeness (QED) is 0.821. The van der Waals surface area contributed by atoms with Crippen molar-refractivity contribution in [3.8, 4) is 0 Å².